The molecule has 10 heteroatoms. The Bertz CT molecular complexity index is 723. The summed E-state index contributed by atoms with van der Waals surface area (Å²) in [7, 11) is 3.17. The van der Waals surface area contributed by atoms with Gasteiger partial charge in [0, 0.05) is 0 Å². The second kappa shape index (κ2) is 10.2. The fraction of sp³-hybridized carbons (Fsp3) is 0.412. The quantitative estimate of drug-likeness (QED) is 0.512. The first kappa shape index (κ1) is 22.0. The summed E-state index contributed by atoms with van der Waals surface area (Å²) in [6.07, 6.45) is -0.953. The molecule has 1 N–H and O–H groups in total. The van der Waals surface area contributed by atoms with Crippen LogP contribution in [0, 0.1) is 17.6 Å². The summed E-state index contributed by atoms with van der Waals surface area (Å²) in [5.74, 6) is -7.14. The zero-order valence-corrected chi connectivity index (χ0v) is 14.9. The summed E-state index contributed by atoms with van der Waals surface area (Å²) in [6, 6.07) is 1.33. The van der Waals surface area contributed by atoms with Crippen LogP contribution in [-0.2, 0) is 39.8 Å². The first-order valence-corrected chi connectivity index (χ1v) is 7.69. The van der Waals surface area contributed by atoms with Crippen molar-refractivity contribution in [1.82, 2.24) is 5.32 Å². The van der Waals surface area contributed by atoms with E-state index in [1.54, 1.807) is 0 Å². The number of carbonyl (C=O) groups is 4. The second-order valence-corrected chi connectivity index (χ2v) is 5.40. The summed E-state index contributed by atoms with van der Waals surface area (Å²) in [5.41, 5.74) is 0.137. The van der Waals surface area contributed by atoms with Gasteiger partial charge < -0.3 is 19.5 Å². The van der Waals surface area contributed by atoms with Gasteiger partial charge in [0.2, 0.25) is 5.91 Å². The third-order valence-electron chi connectivity index (χ3n) is 3.64. The van der Waals surface area contributed by atoms with Gasteiger partial charge in [-0.05, 0) is 17.7 Å². The summed E-state index contributed by atoms with van der Waals surface area (Å²) in [6.45, 7) is 0. The zero-order chi connectivity index (χ0) is 20.6. The Labute approximate surface area is 153 Å². The molecule has 0 fully saturated rings. The van der Waals surface area contributed by atoms with Crippen molar-refractivity contribution in [2.24, 2.45) is 5.92 Å². The lowest BCUT2D eigenvalue weighted by Gasteiger charge is -2.23. The van der Waals surface area contributed by atoms with Gasteiger partial charge in [0.1, 0.15) is 6.04 Å². The van der Waals surface area contributed by atoms with E-state index in [0.29, 0.717) is 0 Å². The number of nitrogens with one attached hydrogen (secondary N) is 1. The molecule has 8 nitrogen and oxygen atoms in total. The van der Waals surface area contributed by atoms with Crippen LogP contribution in [0.1, 0.15) is 12.0 Å². The van der Waals surface area contributed by atoms with Crippen LogP contribution < -0.4 is 5.32 Å². The molecular weight excluding hydrogens is 368 g/mol. The SMILES string of the molecule is COC(=O)C[C@H](C(=O)OC)[C@@H](NC(=O)Cc1ccc(F)c(F)c1)C(=O)OC. The molecule has 0 aliphatic carbocycles. The number of ether oxygens (including phenoxy) is 3. The van der Waals surface area contributed by atoms with E-state index >= 15 is 0 Å². The number of esters is 3. The molecule has 0 radical (unpaired) electrons. The van der Waals surface area contributed by atoms with E-state index in [9.17, 15) is 28.0 Å². The predicted octanol–water partition coefficient (Wildman–Crippen LogP) is 0.517. The molecule has 0 unspecified atom stereocenters. The highest BCUT2D eigenvalue weighted by atomic mass is 19.2. The fourth-order valence-electron chi connectivity index (χ4n) is 2.26. The zero-order valence-electron chi connectivity index (χ0n) is 14.9. The molecule has 148 valence electrons. The van der Waals surface area contributed by atoms with Crippen molar-refractivity contribution in [3.8, 4) is 0 Å². The standard InChI is InChI=1S/C17H19F2NO7/c1-25-14(22)8-10(16(23)26-2)15(17(24)27-3)20-13(21)7-9-4-5-11(18)12(19)6-9/h4-6,10,15H,7-8H2,1-3H3,(H,20,21)/t10-,15+/m0/s1. The number of methoxy groups -OCH3 is 3. The van der Waals surface area contributed by atoms with Crippen molar-refractivity contribution < 1.29 is 42.2 Å². The lowest BCUT2D eigenvalue weighted by molar-refractivity contribution is -0.159. The minimum Gasteiger partial charge on any atom is -0.469 e. The number of hydrogen-bond donors (Lipinski definition) is 1. The van der Waals surface area contributed by atoms with Crippen molar-refractivity contribution in [2.45, 2.75) is 18.9 Å². The van der Waals surface area contributed by atoms with E-state index in [1.165, 1.54) is 6.07 Å². The third kappa shape index (κ3) is 6.32. The third-order valence-corrected chi connectivity index (χ3v) is 3.64. The maximum atomic E-state index is 13.2. The Morgan fingerprint density at radius 3 is 2.11 bits per heavy atom. The Balaban J connectivity index is 3.01. The molecule has 1 aromatic carbocycles. The number of hydrogen-bond acceptors (Lipinski definition) is 7. The van der Waals surface area contributed by atoms with Crippen molar-refractivity contribution >= 4 is 23.8 Å². The lowest BCUT2D eigenvalue weighted by atomic mass is 9.95. The van der Waals surface area contributed by atoms with Crippen LogP contribution in [0.4, 0.5) is 8.78 Å². The van der Waals surface area contributed by atoms with E-state index < -0.39 is 60.3 Å². The summed E-state index contributed by atoms with van der Waals surface area (Å²) < 4.78 is 39.8. The van der Waals surface area contributed by atoms with E-state index in [0.717, 1.165) is 33.5 Å². The molecule has 1 amide bonds. The first-order chi connectivity index (χ1) is 12.7. The van der Waals surface area contributed by atoms with Crippen LogP contribution in [0.15, 0.2) is 18.2 Å². The molecule has 0 bridgehead atoms. The Morgan fingerprint density at radius 2 is 1.59 bits per heavy atom. The number of amides is 1. The van der Waals surface area contributed by atoms with Crippen LogP contribution in [0.2, 0.25) is 0 Å². The molecular formula is C17H19F2NO7. The van der Waals surface area contributed by atoms with Gasteiger partial charge >= 0.3 is 17.9 Å². The van der Waals surface area contributed by atoms with E-state index in [-0.39, 0.29) is 5.56 Å². The van der Waals surface area contributed by atoms with Gasteiger partial charge in [-0.15, -0.1) is 0 Å². The molecule has 0 aliphatic rings. The van der Waals surface area contributed by atoms with Gasteiger partial charge in [-0.25, -0.2) is 13.6 Å². The first-order valence-electron chi connectivity index (χ1n) is 7.69. The molecule has 0 heterocycles. The van der Waals surface area contributed by atoms with Crippen LogP contribution in [0.3, 0.4) is 0 Å². The molecule has 0 aromatic heterocycles. The molecule has 1 aromatic rings. The maximum absolute atomic E-state index is 13.2. The van der Waals surface area contributed by atoms with Crippen LogP contribution in [-0.4, -0.2) is 51.2 Å². The molecule has 27 heavy (non-hydrogen) atoms. The van der Waals surface area contributed by atoms with Crippen molar-refractivity contribution in [1.29, 1.82) is 0 Å². The number of benzene rings is 1. The number of carbonyl (C=O) groups excluding carboxylic acids is 4. The minimum atomic E-state index is -1.54. The predicted molar refractivity (Wildman–Crippen MR) is 86.1 cm³/mol. The van der Waals surface area contributed by atoms with Crippen molar-refractivity contribution in [3.05, 3.63) is 35.4 Å². The summed E-state index contributed by atoms with van der Waals surface area (Å²) >= 11 is 0. The van der Waals surface area contributed by atoms with Gasteiger partial charge in [-0.2, -0.15) is 0 Å². The van der Waals surface area contributed by atoms with E-state index in [2.05, 4.69) is 19.5 Å². The molecule has 0 spiro atoms. The Morgan fingerprint density at radius 1 is 0.963 bits per heavy atom. The topological polar surface area (TPSA) is 108 Å². The average Bonchev–Trinajstić information content (AvgIpc) is 2.65. The van der Waals surface area contributed by atoms with Gasteiger partial charge in [0.05, 0.1) is 40.1 Å². The average molecular weight is 387 g/mol. The minimum absolute atomic E-state index is 0.137. The van der Waals surface area contributed by atoms with E-state index in [4.69, 9.17) is 0 Å². The highest BCUT2D eigenvalue weighted by Crippen LogP contribution is 2.15. The highest BCUT2D eigenvalue weighted by Gasteiger charge is 2.38. The van der Waals surface area contributed by atoms with Gasteiger partial charge in [0.15, 0.2) is 11.6 Å². The molecule has 0 aliphatic heterocycles. The molecule has 2 atom stereocenters. The normalized spacial score (nSPS) is 12.5. The monoisotopic (exact) mass is 387 g/mol. The van der Waals surface area contributed by atoms with Gasteiger partial charge in [-0.3, -0.25) is 14.4 Å². The van der Waals surface area contributed by atoms with Crippen LogP contribution in [0.25, 0.3) is 0 Å². The lowest BCUT2D eigenvalue weighted by Crippen LogP contribution is -2.50. The molecule has 0 saturated heterocycles. The van der Waals surface area contributed by atoms with Crippen LogP contribution >= 0.6 is 0 Å². The Hall–Kier alpha value is -3.04. The van der Waals surface area contributed by atoms with Crippen molar-refractivity contribution in [3.63, 3.8) is 0 Å². The van der Waals surface area contributed by atoms with Gasteiger partial charge in [0.25, 0.3) is 0 Å². The van der Waals surface area contributed by atoms with Gasteiger partial charge in [-0.1, -0.05) is 6.07 Å². The second-order valence-electron chi connectivity index (χ2n) is 5.40. The summed E-state index contributed by atoms with van der Waals surface area (Å²) in [5, 5.41) is 2.26. The molecule has 0 saturated carbocycles. The number of halogens is 2. The smallest absolute Gasteiger partial charge is 0.329 e. The van der Waals surface area contributed by atoms with Crippen LogP contribution in [0.5, 0.6) is 0 Å². The number of rotatable bonds is 8. The largest absolute Gasteiger partial charge is 0.469 e. The molecule has 1 rings (SSSR count). The fourth-order valence-corrected chi connectivity index (χ4v) is 2.26. The van der Waals surface area contributed by atoms with Crippen molar-refractivity contribution in [2.75, 3.05) is 21.3 Å². The highest BCUT2D eigenvalue weighted by molar-refractivity contribution is 5.91. The summed E-state index contributed by atoms with van der Waals surface area (Å²) in [4.78, 5) is 47.7. The van der Waals surface area contributed by atoms with E-state index in [1.807, 2.05) is 0 Å². The maximum Gasteiger partial charge on any atom is 0.329 e. The Kier molecular flexibility index (Phi) is 8.31.